The summed E-state index contributed by atoms with van der Waals surface area (Å²) >= 11 is 0. The Morgan fingerprint density at radius 1 is 1.14 bits per heavy atom. The summed E-state index contributed by atoms with van der Waals surface area (Å²) in [5, 5.41) is 0. The maximum absolute atomic E-state index is 13.2. The molecule has 2 aromatic carbocycles. The minimum atomic E-state index is -0.731. The first-order chi connectivity index (χ1) is 10.5. The zero-order valence-electron chi connectivity index (χ0n) is 11.9. The van der Waals surface area contributed by atoms with Gasteiger partial charge in [-0.15, -0.1) is 0 Å². The normalized spacial score (nSPS) is 11.9. The van der Waals surface area contributed by atoms with Crippen LogP contribution in [0.1, 0.15) is 6.92 Å². The van der Waals surface area contributed by atoms with Crippen LogP contribution in [0.3, 0.4) is 0 Å². The van der Waals surface area contributed by atoms with E-state index in [0.717, 1.165) is 23.8 Å². The summed E-state index contributed by atoms with van der Waals surface area (Å²) < 4.78 is 31.9. The number of hydrogen-bond donors (Lipinski definition) is 2. The third-order valence-corrected chi connectivity index (χ3v) is 2.72. The van der Waals surface area contributed by atoms with Crippen molar-refractivity contribution in [2.45, 2.75) is 6.92 Å². The molecule has 0 spiro atoms. The SMILES string of the molecule is C/C(C=Nc1ccc(N)cc1Oc1cc(F)cc(F)c1)=C/N. The van der Waals surface area contributed by atoms with Crippen LogP contribution in [-0.2, 0) is 0 Å². The average Bonchev–Trinajstić information content (AvgIpc) is 2.45. The second-order valence-corrected chi connectivity index (χ2v) is 4.60. The minimum absolute atomic E-state index is 0.0191. The van der Waals surface area contributed by atoms with Crippen molar-refractivity contribution >= 4 is 17.6 Å². The van der Waals surface area contributed by atoms with Crippen molar-refractivity contribution in [3.8, 4) is 11.5 Å². The molecule has 0 aliphatic rings. The Morgan fingerprint density at radius 3 is 2.45 bits per heavy atom. The van der Waals surface area contributed by atoms with Gasteiger partial charge in [0.15, 0.2) is 5.75 Å². The van der Waals surface area contributed by atoms with Gasteiger partial charge in [-0.1, -0.05) is 0 Å². The molecule has 0 radical (unpaired) electrons. The van der Waals surface area contributed by atoms with Gasteiger partial charge in [0.2, 0.25) is 0 Å². The topological polar surface area (TPSA) is 73.6 Å². The highest BCUT2D eigenvalue weighted by atomic mass is 19.1. The number of benzene rings is 2. The summed E-state index contributed by atoms with van der Waals surface area (Å²) in [6.07, 6.45) is 2.95. The Morgan fingerprint density at radius 2 is 1.82 bits per heavy atom. The van der Waals surface area contributed by atoms with Crippen LogP contribution in [0.4, 0.5) is 20.2 Å². The number of halogens is 2. The lowest BCUT2D eigenvalue weighted by atomic mass is 10.2. The fourth-order valence-electron chi connectivity index (χ4n) is 1.65. The van der Waals surface area contributed by atoms with Crippen LogP contribution in [0.2, 0.25) is 0 Å². The lowest BCUT2D eigenvalue weighted by molar-refractivity contribution is 0.470. The first kappa shape index (κ1) is 15.5. The summed E-state index contributed by atoms with van der Waals surface area (Å²) in [7, 11) is 0. The van der Waals surface area contributed by atoms with Gasteiger partial charge in [0.25, 0.3) is 0 Å². The molecule has 2 rings (SSSR count). The number of allylic oxidation sites excluding steroid dienone is 1. The Bertz CT molecular complexity index is 722. The molecule has 22 heavy (non-hydrogen) atoms. The molecule has 0 amide bonds. The van der Waals surface area contributed by atoms with Crippen LogP contribution in [0.15, 0.2) is 53.2 Å². The second kappa shape index (κ2) is 6.71. The van der Waals surface area contributed by atoms with E-state index in [4.69, 9.17) is 16.2 Å². The number of nitrogens with zero attached hydrogens (tertiary/aromatic N) is 1. The molecule has 0 saturated carbocycles. The number of nitrogens with two attached hydrogens (primary N) is 2. The quantitative estimate of drug-likeness (QED) is 0.664. The molecule has 0 fully saturated rings. The number of ether oxygens (including phenoxy) is 1. The first-order valence-corrected chi connectivity index (χ1v) is 6.44. The van der Waals surface area contributed by atoms with Crippen LogP contribution in [0, 0.1) is 11.6 Å². The number of nitrogen functional groups attached to an aromatic ring is 1. The highest BCUT2D eigenvalue weighted by molar-refractivity contribution is 5.81. The molecule has 2 aromatic rings. The van der Waals surface area contributed by atoms with Gasteiger partial charge in [-0.2, -0.15) is 0 Å². The molecular weight excluding hydrogens is 288 g/mol. The highest BCUT2D eigenvalue weighted by Gasteiger charge is 2.07. The third-order valence-electron chi connectivity index (χ3n) is 2.72. The molecule has 0 aliphatic heterocycles. The van der Waals surface area contributed by atoms with E-state index in [1.165, 1.54) is 12.3 Å². The smallest absolute Gasteiger partial charge is 0.155 e. The van der Waals surface area contributed by atoms with E-state index < -0.39 is 11.6 Å². The van der Waals surface area contributed by atoms with Gasteiger partial charge in [-0.25, -0.2) is 8.78 Å². The maximum Gasteiger partial charge on any atom is 0.155 e. The number of anilines is 1. The lowest BCUT2D eigenvalue weighted by Crippen LogP contribution is -1.91. The standard InChI is InChI=1S/C16H15F2N3O/c1-10(8-19)9-21-15-3-2-13(20)7-16(15)22-14-5-11(17)4-12(18)6-14/h2-9H,19-20H2,1H3/b10-8-,21-9?. The molecule has 0 atom stereocenters. The lowest BCUT2D eigenvalue weighted by Gasteiger charge is -2.09. The van der Waals surface area contributed by atoms with Crippen molar-refractivity contribution in [1.82, 2.24) is 0 Å². The molecule has 0 unspecified atom stereocenters. The van der Waals surface area contributed by atoms with Crippen LogP contribution < -0.4 is 16.2 Å². The molecule has 4 nitrogen and oxygen atoms in total. The van der Waals surface area contributed by atoms with Crippen LogP contribution in [0.25, 0.3) is 0 Å². The van der Waals surface area contributed by atoms with Crippen LogP contribution in [-0.4, -0.2) is 6.21 Å². The fourth-order valence-corrected chi connectivity index (χ4v) is 1.65. The monoisotopic (exact) mass is 303 g/mol. The molecule has 0 bridgehead atoms. The zero-order valence-corrected chi connectivity index (χ0v) is 11.9. The van der Waals surface area contributed by atoms with Crippen molar-refractivity contribution < 1.29 is 13.5 Å². The Hall–Kier alpha value is -2.89. The van der Waals surface area contributed by atoms with Gasteiger partial charge in [-0.3, -0.25) is 4.99 Å². The summed E-state index contributed by atoms with van der Waals surface area (Å²) in [5.74, 6) is -1.16. The number of hydrogen-bond acceptors (Lipinski definition) is 4. The Balaban J connectivity index is 2.36. The number of rotatable bonds is 4. The Kier molecular flexibility index (Phi) is 4.73. The fraction of sp³-hybridized carbons (Fsp3) is 0.0625. The molecule has 0 heterocycles. The molecule has 0 saturated heterocycles. The molecule has 114 valence electrons. The minimum Gasteiger partial charge on any atom is -0.455 e. The van der Waals surface area contributed by atoms with Crippen LogP contribution in [0.5, 0.6) is 11.5 Å². The van der Waals surface area contributed by atoms with E-state index >= 15 is 0 Å². The molecular formula is C16H15F2N3O. The summed E-state index contributed by atoms with van der Waals surface area (Å²) in [4.78, 5) is 4.22. The van der Waals surface area contributed by atoms with Gasteiger partial charge in [-0.05, 0) is 30.8 Å². The van der Waals surface area contributed by atoms with E-state index in [9.17, 15) is 8.78 Å². The van der Waals surface area contributed by atoms with Gasteiger partial charge < -0.3 is 16.2 Å². The van der Waals surface area contributed by atoms with E-state index in [1.54, 1.807) is 25.3 Å². The average molecular weight is 303 g/mol. The molecule has 0 aromatic heterocycles. The maximum atomic E-state index is 13.2. The van der Waals surface area contributed by atoms with E-state index in [1.807, 2.05) is 0 Å². The summed E-state index contributed by atoms with van der Waals surface area (Å²) in [6, 6.07) is 7.72. The van der Waals surface area contributed by atoms with E-state index in [-0.39, 0.29) is 11.5 Å². The third kappa shape index (κ3) is 4.05. The van der Waals surface area contributed by atoms with Gasteiger partial charge >= 0.3 is 0 Å². The van der Waals surface area contributed by atoms with Crippen molar-refractivity contribution in [2.24, 2.45) is 10.7 Å². The van der Waals surface area contributed by atoms with Gasteiger partial charge in [0, 0.05) is 36.2 Å². The van der Waals surface area contributed by atoms with Gasteiger partial charge in [0.05, 0.1) is 0 Å². The second-order valence-electron chi connectivity index (χ2n) is 4.60. The van der Waals surface area contributed by atoms with Crippen LogP contribution >= 0.6 is 0 Å². The summed E-state index contributed by atoms with van der Waals surface area (Å²) in [5.41, 5.74) is 12.7. The largest absolute Gasteiger partial charge is 0.455 e. The summed E-state index contributed by atoms with van der Waals surface area (Å²) in [6.45, 7) is 1.78. The van der Waals surface area contributed by atoms with Crippen molar-refractivity contribution in [1.29, 1.82) is 0 Å². The first-order valence-electron chi connectivity index (χ1n) is 6.44. The van der Waals surface area contributed by atoms with E-state index in [0.29, 0.717) is 11.4 Å². The van der Waals surface area contributed by atoms with Crippen molar-refractivity contribution in [3.05, 3.63) is 59.8 Å². The predicted octanol–water partition coefficient (Wildman–Crippen LogP) is 3.90. The highest BCUT2D eigenvalue weighted by Crippen LogP contribution is 2.34. The Labute approximate surface area is 126 Å². The van der Waals surface area contributed by atoms with Crippen molar-refractivity contribution in [3.63, 3.8) is 0 Å². The molecule has 4 N–H and O–H groups in total. The van der Waals surface area contributed by atoms with E-state index in [2.05, 4.69) is 4.99 Å². The molecule has 0 aliphatic carbocycles. The number of aliphatic imine (C=N–C) groups is 1. The molecule has 6 heteroatoms. The van der Waals surface area contributed by atoms with Gasteiger partial charge in [0.1, 0.15) is 23.1 Å². The predicted molar refractivity (Wildman–Crippen MR) is 83.4 cm³/mol. The zero-order chi connectivity index (χ0) is 16.1. The van der Waals surface area contributed by atoms with Crippen molar-refractivity contribution in [2.75, 3.05) is 5.73 Å².